The maximum atomic E-state index is 11.9. The molecule has 1 aliphatic rings. The zero-order valence-corrected chi connectivity index (χ0v) is 11.8. The Kier molecular flexibility index (Phi) is 5.27. The van der Waals surface area contributed by atoms with Gasteiger partial charge in [-0.15, -0.1) is 0 Å². The number of nitro benzene ring substituents is 1. The van der Waals surface area contributed by atoms with Gasteiger partial charge < -0.3 is 10.4 Å². The Hall–Kier alpha value is -1.95. The van der Waals surface area contributed by atoms with Crippen LogP contribution in [0.5, 0.6) is 0 Å². The number of benzene rings is 1. The second-order valence-electron chi connectivity index (χ2n) is 5.58. The molecular formula is C15H20N2O4. The van der Waals surface area contributed by atoms with Crippen LogP contribution in [0.4, 0.5) is 5.69 Å². The first-order chi connectivity index (χ1) is 10.0. The van der Waals surface area contributed by atoms with Crippen molar-refractivity contribution in [2.24, 2.45) is 5.92 Å². The van der Waals surface area contributed by atoms with Gasteiger partial charge in [-0.25, -0.2) is 0 Å². The zero-order valence-electron chi connectivity index (χ0n) is 11.8. The van der Waals surface area contributed by atoms with E-state index in [2.05, 4.69) is 5.32 Å². The van der Waals surface area contributed by atoms with Crippen LogP contribution in [-0.4, -0.2) is 28.6 Å². The number of amides is 1. The summed E-state index contributed by atoms with van der Waals surface area (Å²) in [5, 5.41) is 23.0. The third-order valence-corrected chi connectivity index (χ3v) is 3.89. The first-order valence-corrected chi connectivity index (χ1v) is 7.22. The van der Waals surface area contributed by atoms with Gasteiger partial charge in [0.2, 0.25) is 5.91 Å². The SMILES string of the molecule is O=C(Cc1cccc([N+](=O)[O-])c1)NCC1CCC(O)CC1. The Labute approximate surface area is 123 Å². The zero-order chi connectivity index (χ0) is 15.2. The third-order valence-electron chi connectivity index (χ3n) is 3.89. The van der Waals surface area contributed by atoms with Crippen molar-refractivity contribution in [1.82, 2.24) is 5.32 Å². The largest absolute Gasteiger partial charge is 0.393 e. The number of nitro groups is 1. The molecule has 114 valence electrons. The molecule has 0 aliphatic heterocycles. The van der Waals surface area contributed by atoms with Gasteiger partial charge in [-0.1, -0.05) is 12.1 Å². The number of non-ortho nitro benzene ring substituents is 1. The Bertz CT molecular complexity index is 510. The summed E-state index contributed by atoms with van der Waals surface area (Å²) in [6, 6.07) is 6.14. The summed E-state index contributed by atoms with van der Waals surface area (Å²) in [7, 11) is 0. The first-order valence-electron chi connectivity index (χ1n) is 7.22. The smallest absolute Gasteiger partial charge is 0.269 e. The van der Waals surface area contributed by atoms with Crippen molar-refractivity contribution in [2.45, 2.75) is 38.2 Å². The molecule has 6 heteroatoms. The first kappa shape index (κ1) is 15.4. The van der Waals surface area contributed by atoms with Gasteiger partial charge in [-0.3, -0.25) is 14.9 Å². The number of hydrogen-bond acceptors (Lipinski definition) is 4. The van der Waals surface area contributed by atoms with Crippen molar-refractivity contribution in [2.75, 3.05) is 6.54 Å². The molecule has 0 bridgehead atoms. The summed E-state index contributed by atoms with van der Waals surface area (Å²) >= 11 is 0. The maximum absolute atomic E-state index is 11.9. The van der Waals surface area contributed by atoms with Crippen LogP contribution in [0.2, 0.25) is 0 Å². The summed E-state index contributed by atoms with van der Waals surface area (Å²) in [6.45, 7) is 0.612. The van der Waals surface area contributed by atoms with E-state index in [-0.39, 0.29) is 24.1 Å². The van der Waals surface area contributed by atoms with E-state index in [4.69, 9.17) is 0 Å². The second-order valence-corrected chi connectivity index (χ2v) is 5.58. The standard InChI is InChI=1S/C15H20N2O4/c18-14-6-4-11(5-7-14)10-16-15(19)9-12-2-1-3-13(8-12)17(20)21/h1-3,8,11,14,18H,4-7,9-10H2,(H,16,19). The van der Waals surface area contributed by atoms with E-state index in [1.807, 2.05) is 0 Å². The molecular weight excluding hydrogens is 272 g/mol. The van der Waals surface area contributed by atoms with E-state index in [9.17, 15) is 20.0 Å². The molecule has 1 saturated carbocycles. The summed E-state index contributed by atoms with van der Waals surface area (Å²) in [5.74, 6) is 0.295. The van der Waals surface area contributed by atoms with E-state index in [1.54, 1.807) is 12.1 Å². The van der Waals surface area contributed by atoms with Crippen LogP contribution in [0, 0.1) is 16.0 Å². The van der Waals surface area contributed by atoms with E-state index < -0.39 is 4.92 Å². The van der Waals surface area contributed by atoms with Crippen molar-refractivity contribution < 1.29 is 14.8 Å². The highest BCUT2D eigenvalue weighted by Gasteiger charge is 2.19. The molecule has 0 saturated heterocycles. The van der Waals surface area contributed by atoms with Crippen LogP contribution in [0.25, 0.3) is 0 Å². The van der Waals surface area contributed by atoms with Crippen molar-refractivity contribution in [1.29, 1.82) is 0 Å². The lowest BCUT2D eigenvalue weighted by atomic mass is 9.87. The molecule has 2 rings (SSSR count). The number of rotatable bonds is 5. The lowest BCUT2D eigenvalue weighted by Gasteiger charge is -2.25. The summed E-state index contributed by atoms with van der Waals surface area (Å²) < 4.78 is 0. The Morgan fingerprint density at radius 1 is 1.33 bits per heavy atom. The molecule has 0 unspecified atom stereocenters. The molecule has 21 heavy (non-hydrogen) atoms. The van der Waals surface area contributed by atoms with Crippen LogP contribution in [-0.2, 0) is 11.2 Å². The highest BCUT2D eigenvalue weighted by Crippen LogP contribution is 2.23. The molecule has 2 N–H and O–H groups in total. The van der Waals surface area contributed by atoms with Gasteiger partial charge in [0, 0.05) is 18.7 Å². The molecule has 0 heterocycles. The van der Waals surface area contributed by atoms with E-state index in [0.717, 1.165) is 25.7 Å². The number of nitrogens with zero attached hydrogens (tertiary/aromatic N) is 1. The number of nitrogens with one attached hydrogen (secondary N) is 1. The van der Waals surface area contributed by atoms with Gasteiger partial charge in [-0.2, -0.15) is 0 Å². The van der Waals surface area contributed by atoms with Crippen LogP contribution >= 0.6 is 0 Å². The van der Waals surface area contributed by atoms with E-state index in [0.29, 0.717) is 18.0 Å². The van der Waals surface area contributed by atoms with Crippen LogP contribution < -0.4 is 5.32 Å². The van der Waals surface area contributed by atoms with Gasteiger partial charge in [0.25, 0.3) is 5.69 Å². The number of carbonyl (C=O) groups is 1. The van der Waals surface area contributed by atoms with E-state index in [1.165, 1.54) is 12.1 Å². The molecule has 0 atom stereocenters. The minimum Gasteiger partial charge on any atom is -0.393 e. The van der Waals surface area contributed by atoms with Gasteiger partial charge in [0.1, 0.15) is 0 Å². The van der Waals surface area contributed by atoms with Gasteiger partial charge in [0.15, 0.2) is 0 Å². The van der Waals surface area contributed by atoms with Crippen LogP contribution in [0.15, 0.2) is 24.3 Å². The lowest BCUT2D eigenvalue weighted by Crippen LogP contribution is -2.33. The van der Waals surface area contributed by atoms with Gasteiger partial charge in [0.05, 0.1) is 17.4 Å². The molecule has 0 radical (unpaired) electrons. The van der Waals surface area contributed by atoms with Gasteiger partial charge in [-0.05, 0) is 37.2 Å². The molecule has 6 nitrogen and oxygen atoms in total. The number of aliphatic hydroxyl groups is 1. The number of hydrogen-bond donors (Lipinski definition) is 2. The number of carbonyl (C=O) groups excluding carboxylic acids is 1. The maximum Gasteiger partial charge on any atom is 0.269 e. The van der Waals surface area contributed by atoms with E-state index >= 15 is 0 Å². The van der Waals surface area contributed by atoms with Crippen molar-refractivity contribution in [3.63, 3.8) is 0 Å². The van der Waals surface area contributed by atoms with Crippen LogP contribution in [0.3, 0.4) is 0 Å². The minimum absolute atomic E-state index is 0.00145. The lowest BCUT2D eigenvalue weighted by molar-refractivity contribution is -0.384. The van der Waals surface area contributed by atoms with Crippen molar-refractivity contribution >= 4 is 11.6 Å². The average Bonchev–Trinajstić information content (AvgIpc) is 2.47. The monoisotopic (exact) mass is 292 g/mol. The normalized spacial score (nSPS) is 21.8. The fraction of sp³-hybridized carbons (Fsp3) is 0.533. The topological polar surface area (TPSA) is 92.5 Å². The predicted molar refractivity (Wildman–Crippen MR) is 77.8 cm³/mol. The Balaban J connectivity index is 1.79. The summed E-state index contributed by atoms with van der Waals surface area (Å²) in [6.07, 6.45) is 3.41. The third kappa shape index (κ3) is 4.82. The predicted octanol–water partition coefficient (Wildman–Crippen LogP) is 1.80. The average molecular weight is 292 g/mol. The second kappa shape index (κ2) is 7.17. The highest BCUT2D eigenvalue weighted by molar-refractivity contribution is 5.78. The molecule has 1 fully saturated rings. The van der Waals surface area contributed by atoms with Crippen molar-refractivity contribution in [3.05, 3.63) is 39.9 Å². The minimum atomic E-state index is -0.464. The summed E-state index contributed by atoms with van der Waals surface area (Å²) in [4.78, 5) is 22.1. The van der Waals surface area contributed by atoms with Gasteiger partial charge >= 0.3 is 0 Å². The molecule has 0 spiro atoms. The fourth-order valence-electron chi connectivity index (χ4n) is 2.64. The summed E-state index contributed by atoms with van der Waals surface area (Å²) in [5.41, 5.74) is 0.641. The quantitative estimate of drug-likeness (QED) is 0.639. The number of aliphatic hydroxyl groups excluding tert-OH is 1. The molecule has 0 aromatic heterocycles. The molecule has 1 aromatic rings. The Morgan fingerprint density at radius 3 is 2.71 bits per heavy atom. The van der Waals surface area contributed by atoms with Crippen LogP contribution in [0.1, 0.15) is 31.2 Å². The molecule has 1 aliphatic carbocycles. The highest BCUT2D eigenvalue weighted by atomic mass is 16.6. The molecule has 1 aromatic carbocycles. The molecule has 1 amide bonds. The fourth-order valence-corrected chi connectivity index (χ4v) is 2.64. The van der Waals surface area contributed by atoms with Crippen molar-refractivity contribution in [3.8, 4) is 0 Å². The Morgan fingerprint density at radius 2 is 2.05 bits per heavy atom.